The number of alkyl halides is 1. The number of amides is 1. The summed E-state index contributed by atoms with van der Waals surface area (Å²) >= 11 is 5.35. The molecular formula is C10H22ClNO2Si. The number of carbonyl (C=O) groups excluding carboxylic acids is 1. The molecule has 0 aromatic rings. The van der Waals surface area contributed by atoms with Crippen molar-refractivity contribution in [3.8, 4) is 0 Å². The van der Waals surface area contributed by atoms with Crippen LogP contribution in [-0.2, 0) is 9.22 Å². The van der Waals surface area contributed by atoms with Crippen molar-refractivity contribution in [3.05, 3.63) is 0 Å². The van der Waals surface area contributed by atoms with Gasteiger partial charge in [-0.25, -0.2) is 0 Å². The molecule has 0 aromatic carbocycles. The quantitative estimate of drug-likeness (QED) is 0.463. The summed E-state index contributed by atoms with van der Waals surface area (Å²) in [6, 6.07) is 0. The van der Waals surface area contributed by atoms with Crippen molar-refractivity contribution in [1.29, 1.82) is 0 Å². The monoisotopic (exact) mass is 251 g/mol. The Hall–Kier alpha value is -0.0631. The lowest BCUT2D eigenvalue weighted by atomic mass is 10.2. The van der Waals surface area contributed by atoms with Crippen LogP contribution < -0.4 is 5.32 Å². The molecule has 0 aliphatic heterocycles. The summed E-state index contributed by atoms with van der Waals surface area (Å²) in [4.78, 5) is 10.8. The Bertz CT molecular complexity index is 214. The van der Waals surface area contributed by atoms with Crippen molar-refractivity contribution in [2.45, 2.75) is 38.9 Å². The van der Waals surface area contributed by atoms with Gasteiger partial charge in [0.15, 0.2) is 8.32 Å². The summed E-state index contributed by atoms with van der Waals surface area (Å²) in [7, 11) is -1.67. The van der Waals surface area contributed by atoms with Crippen molar-refractivity contribution in [2.24, 2.45) is 0 Å². The van der Waals surface area contributed by atoms with Gasteiger partial charge in [-0.15, -0.1) is 11.6 Å². The molecule has 0 radical (unpaired) electrons. The minimum Gasteiger partial charge on any atom is -0.415 e. The van der Waals surface area contributed by atoms with E-state index in [2.05, 4.69) is 39.2 Å². The molecular weight excluding hydrogens is 230 g/mol. The number of halogens is 1. The minimum atomic E-state index is -1.67. The standard InChI is InChI=1S/C10H22ClNO2Si/c1-10(2,3)15(4,5)14-7-6-12-9(13)8-11/h6-8H2,1-5H3,(H,12,13). The van der Waals surface area contributed by atoms with Crippen LogP contribution in [0.1, 0.15) is 20.8 Å². The first-order valence-electron chi connectivity index (χ1n) is 5.17. The molecule has 3 nitrogen and oxygen atoms in total. The molecule has 0 rings (SSSR count). The van der Waals surface area contributed by atoms with Crippen LogP contribution >= 0.6 is 11.6 Å². The third-order valence-corrected chi connectivity index (χ3v) is 7.60. The van der Waals surface area contributed by atoms with Crippen molar-refractivity contribution < 1.29 is 9.22 Å². The predicted molar refractivity (Wildman–Crippen MR) is 66.9 cm³/mol. The fourth-order valence-electron chi connectivity index (χ4n) is 0.760. The van der Waals surface area contributed by atoms with Gasteiger partial charge in [0.2, 0.25) is 5.91 Å². The summed E-state index contributed by atoms with van der Waals surface area (Å²) < 4.78 is 5.87. The highest BCUT2D eigenvalue weighted by atomic mass is 35.5. The van der Waals surface area contributed by atoms with E-state index in [1.54, 1.807) is 0 Å². The second-order valence-corrected chi connectivity index (χ2v) is 10.2. The lowest BCUT2D eigenvalue weighted by Crippen LogP contribution is -2.42. The highest BCUT2D eigenvalue weighted by molar-refractivity contribution is 6.74. The minimum absolute atomic E-state index is 0.0140. The third kappa shape index (κ3) is 5.54. The van der Waals surface area contributed by atoms with Crippen molar-refractivity contribution in [2.75, 3.05) is 19.0 Å². The van der Waals surface area contributed by atoms with Gasteiger partial charge in [0.1, 0.15) is 5.88 Å². The molecule has 0 atom stereocenters. The van der Waals surface area contributed by atoms with Crippen molar-refractivity contribution in [3.63, 3.8) is 0 Å². The van der Waals surface area contributed by atoms with Gasteiger partial charge in [-0.1, -0.05) is 20.8 Å². The predicted octanol–water partition coefficient (Wildman–Crippen LogP) is 2.36. The van der Waals surface area contributed by atoms with E-state index in [1.807, 2.05) is 0 Å². The Labute approximate surface area is 98.7 Å². The second kappa shape index (κ2) is 5.87. The van der Waals surface area contributed by atoms with Gasteiger partial charge in [0.25, 0.3) is 0 Å². The topological polar surface area (TPSA) is 38.3 Å². The normalized spacial score (nSPS) is 12.7. The lowest BCUT2D eigenvalue weighted by molar-refractivity contribution is -0.118. The molecule has 15 heavy (non-hydrogen) atoms. The fraction of sp³-hybridized carbons (Fsp3) is 0.900. The number of carbonyl (C=O) groups is 1. The summed E-state index contributed by atoms with van der Waals surface area (Å²) in [6.07, 6.45) is 0. The van der Waals surface area contributed by atoms with Crippen LogP contribution in [0.5, 0.6) is 0 Å². The molecule has 1 amide bonds. The Morgan fingerprint density at radius 1 is 1.40 bits per heavy atom. The average molecular weight is 252 g/mol. The van der Waals surface area contributed by atoms with E-state index in [1.165, 1.54) is 0 Å². The number of hydrogen-bond donors (Lipinski definition) is 1. The van der Waals surface area contributed by atoms with Gasteiger partial charge in [0, 0.05) is 6.54 Å². The van der Waals surface area contributed by atoms with E-state index in [-0.39, 0.29) is 16.8 Å². The SMILES string of the molecule is CC(C)(C)[Si](C)(C)OCCNC(=O)CCl. The first-order chi connectivity index (χ1) is 6.70. The maximum atomic E-state index is 10.8. The first-order valence-corrected chi connectivity index (χ1v) is 8.61. The molecule has 0 aliphatic carbocycles. The molecule has 0 unspecified atom stereocenters. The zero-order valence-corrected chi connectivity index (χ0v) is 12.1. The van der Waals surface area contributed by atoms with Crippen LogP contribution in [0.25, 0.3) is 0 Å². The van der Waals surface area contributed by atoms with Crippen LogP contribution in [0.2, 0.25) is 18.1 Å². The van der Waals surface area contributed by atoms with Crippen LogP contribution in [0.15, 0.2) is 0 Å². The number of hydrogen-bond acceptors (Lipinski definition) is 2. The van der Waals surface area contributed by atoms with Gasteiger partial charge < -0.3 is 9.74 Å². The molecule has 0 bridgehead atoms. The maximum Gasteiger partial charge on any atom is 0.235 e. The molecule has 0 saturated heterocycles. The van der Waals surface area contributed by atoms with Gasteiger partial charge in [-0.05, 0) is 18.1 Å². The van der Waals surface area contributed by atoms with Crippen molar-refractivity contribution in [1.82, 2.24) is 5.32 Å². The first kappa shape index (κ1) is 14.9. The molecule has 90 valence electrons. The number of nitrogens with one attached hydrogen (secondary N) is 1. The Kier molecular flexibility index (Phi) is 5.84. The Morgan fingerprint density at radius 3 is 2.33 bits per heavy atom. The van der Waals surface area contributed by atoms with Crippen molar-refractivity contribution >= 4 is 25.8 Å². The lowest BCUT2D eigenvalue weighted by Gasteiger charge is -2.36. The Morgan fingerprint density at radius 2 is 1.93 bits per heavy atom. The zero-order valence-electron chi connectivity index (χ0n) is 10.3. The van der Waals surface area contributed by atoms with E-state index < -0.39 is 8.32 Å². The van der Waals surface area contributed by atoms with Crippen LogP contribution in [0.3, 0.4) is 0 Å². The smallest absolute Gasteiger partial charge is 0.235 e. The Balaban J connectivity index is 3.82. The number of rotatable bonds is 5. The molecule has 5 heteroatoms. The molecule has 0 aromatic heterocycles. The van der Waals surface area contributed by atoms with E-state index in [0.717, 1.165) is 0 Å². The zero-order chi connectivity index (χ0) is 12.1. The van der Waals surface area contributed by atoms with Crippen LogP contribution in [0.4, 0.5) is 0 Å². The van der Waals surface area contributed by atoms with Crippen LogP contribution in [-0.4, -0.2) is 33.3 Å². The highest BCUT2D eigenvalue weighted by Gasteiger charge is 2.36. The molecule has 0 fully saturated rings. The van der Waals surface area contributed by atoms with E-state index in [9.17, 15) is 4.79 Å². The molecule has 1 N–H and O–H groups in total. The van der Waals surface area contributed by atoms with Gasteiger partial charge in [-0.3, -0.25) is 4.79 Å². The molecule has 0 spiro atoms. The largest absolute Gasteiger partial charge is 0.415 e. The summed E-state index contributed by atoms with van der Waals surface area (Å²) in [5.74, 6) is -0.129. The maximum absolute atomic E-state index is 10.8. The van der Waals surface area contributed by atoms with E-state index in [4.69, 9.17) is 16.0 Å². The third-order valence-electron chi connectivity index (χ3n) is 2.81. The van der Waals surface area contributed by atoms with Gasteiger partial charge in [-0.2, -0.15) is 0 Å². The second-order valence-electron chi connectivity index (χ2n) is 5.09. The van der Waals surface area contributed by atoms with Gasteiger partial charge >= 0.3 is 0 Å². The van der Waals surface area contributed by atoms with Crippen LogP contribution in [0, 0.1) is 0 Å². The van der Waals surface area contributed by atoms with Gasteiger partial charge in [0.05, 0.1) is 6.61 Å². The summed E-state index contributed by atoms with van der Waals surface area (Å²) in [5, 5.41) is 2.89. The average Bonchev–Trinajstić information content (AvgIpc) is 2.10. The molecule has 0 aliphatic rings. The highest BCUT2D eigenvalue weighted by Crippen LogP contribution is 2.36. The molecule has 0 saturated carbocycles. The summed E-state index contributed by atoms with van der Waals surface area (Å²) in [5.41, 5.74) is 0. The summed E-state index contributed by atoms with van der Waals surface area (Å²) in [6.45, 7) is 12.1. The van der Waals surface area contributed by atoms with E-state index in [0.29, 0.717) is 13.2 Å². The molecule has 0 heterocycles. The fourth-order valence-corrected chi connectivity index (χ4v) is 1.90. The van der Waals surface area contributed by atoms with E-state index >= 15 is 0 Å².